The van der Waals surface area contributed by atoms with E-state index in [1.165, 1.54) is 19.2 Å². The van der Waals surface area contributed by atoms with Crippen molar-refractivity contribution in [3.05, 3.63) is 42.5 Å². The predicted octanol–water partition coefficient (Wildman–Crippen LogP) is 1.98. The summed E-state index contributed by atoms with van der Waals surface area (Å²) >= 11 is 0. The van der Waals surface area contributed by atoms with Gasteiger partial charge < -0.3 is 15.2 Å². The van der Waals surface area contributed by atoms with Crippen molar-refractivity contribution in [2.45, 2.75) is 4.90 Å². The van der Waals surface area contributed by atoms with Crippen LogP contribution in [0.5, 0.6) is 17.2 Å². The van der Waals surface area contributed by atoms with Gasteiger partial charge >= 0.3 is 0 Å². The molecule has 0 aromatic heterocycles. The molecule has 0 bridgehead atoms. The van der Waals surface area contributed by atoms with Crippen LogP contribution in [0.25, 0.3) is 0 Å². The summed E-state index contributed by atoms with van der Waals surface area (Å²) in [5.74, 6) is 1.26. The van der Waals surface area contributed by atoms with Crippen molar-refractivity contribution < 1.29 is 17.9 Å². The third-order valence-corrected chi connectivity index (χ3v) is 4.23. The molecule has 0 aliphatic heterocycles. The molecule has 0 aliphatic rings. The van der Waals surface area contributed by atoms with E-state index in [0.717, 1.165) is 0 Å². The lowest BCUT2D eigenvalue weighted by Crippen LogP contribution is -2.19. The normalized spacial score (nSPS) is 11.1. The molecule has 0 amide bonds. The molecule has 0 spiro atoms. The van der Waals surface area contributed by atoms with E-state index in [1.807, 2.05) is 0 Å². The van der Waals surface area contributed by atoms with Gasteiger partial charge in [-0.3, -0.25) is 0 Å². The fraction of sp³-hybridized carbons (Fsp3) is 0.143. The molecule has 0 saturated heterocycles. The van der Waals surface area contributed by atoms with Crippen LogP contribution in [-0.4, -0.2) is 22.6 Å². The van der Waals surface area contributed by atoms with Crippen molar-refractivity contribution in [3.8, 4) is 17.2 Å². The van der Waals surface area contributed by atoms with Gasteiger partial charge in [-0.1, -0.05) is 6.07 Å². The third-order valence-electron chi connectivity index (χ3n) is 2.80. The second-order valence-electron chi connectivity index (χ2n) is 4.19. The van der Waals surface area contributed by atoms with Gasteiger partial charge in [0.05, 0.1) is 7.11 Å². The molecule has 2 aromatic carbocycles. The van der Waals surface area contributed by atoms with Crippen molar-refractivity contribution in [2.24, 2.45) is 0 Å². The highest BCUT2D eigenvalue weighted by Gasteiger charge is 2.19. The monoisotopic (exact) mass is 308 g/mol. The molecule has 7 heteroatoms. The van der Waals surface area contributed by atoms with Gasteiger partial charge in [0.2, 0.25) is 10.0 Å². The zero-order valence-corrected chi connectivity index (χ0v) is 12.5. The Bertz CT molecular complexity index is 744. The molecule has 21 heavy (non-hydrogen) atoms. The Morgan fingerprint density at radius 3 is 2.48 bits per heavy atom. The minimum atomic E-state index is -3.67. The number of nitrogens with one attached hydrogen (secondary N) is 1. The van der Waals surface area contributed by atoms with Crippen LogP contribution in [0.4, 0.5) is 5.69 Å². The molecule has 6 nitrogen and oxygen atoms in total. The molecule has 0 saturated carbocycles. The van der Waals surface area contributed by atoms with Gasteiger partial charge in [-0.15, -0.1) is 0 Å². The second kappa shape index (κ2) is 6.02. The molecule has 0 unspecified atom stereocenters. The van der Waals surface area contributed by atoms with E-state index >= 15 is 0 Å². The smallest absolute Gasteiger partial charge is 0.244 e. The Morgan fingerprint density at radius 2 is 1.81 bits per heavy atom. The number of hydrogen-bond acceptors (Lipinski definition) is 5. The van der Waals surface area contributed by atoms with Crippen molar-refractivity contribution in [2.75, 3.05) is 19.9 Å². The molecule has 0 heterocycles. The molecule has 112 valence electrons. The van der Waals surface area contributed by atoms with Crippen LogP contribution in [0.1, 0.15) is 0 Å². The number of rotatable bonds is 5. The quantitative estimate of drug-likeness (QED) is 0.824. The molecule has 0 aliphatic carbocycles. The molecular weight excluding hydrogens is 292 g/mol. The average molecular weight is 308 g/mol. The lowest BCUT2D eigenvalue weighted by molar-refractivity contribution is 0.408. The zero-order chi connectivity index (χ0) is 15.5. The van der Waals surface area contributed by atoms with Crippen molar-refractivity contribution >= 4 is 15.7 Å². The van der Waals surface area contributed by atoms with Crippen molar-refractivity contribution in [1.29, 1.82) is 0 Å². The lowest BCUT2D eigenvalue weighted by atomic mass is 10.3. The molecule has 2 aromatic rings. The maximum absolute atomic E-state index is 12.0. The Morgan fingerprint density at radius 1 is 1.10 bits per heavy atom. The van der Waals surface area contributed by atoms with Crippen LogP contribution in [0.2, 0.25) is 0 Å². The molecule has 2 rings (SSSR count). The summed E-state index contributed by atoms with van der Waals surface area (Å²) in [7, 11) is -0.805. The van der Waals surface area contributed by atoms with Crippen LogP contribution in [0.15, 0.2) is 47.4 Å². The summed E-state index contributed by atoms with van der Waals surface area (Å²) in [4.78, 5) is -0.0205. The van der Waals surface area contributed by atoms with E-state index in [2.05, 4.69) is 4.72 Å². The van der Waals surface area contributed by atoms with Crippen LogP contribution in [-0.2, 0) is 10.0 Å². The number of anilines is 1. The Labute approximate surface area is 123 Å². The molecular formula is C14H16N2O4S. The second-order valence-corrected chi connectivity index (χ2v) is 6.05. The van der Waals surface area contributed by atoms with Crippen LogP contribution in [0, 0.1) is 0 Å². The molecule has 0 fully saturated rings. The molecule has 0 radical (unpaired) electrons. The largest absolute Gasteiger partial charge is 0.497 e. The summed E-state index contributed by atoms with van der Waals surface area (Å²) in [6.07, 6.45) is 0. The van der Waals surface area contributed by atoms with Crippen molar-refractivity contribution in [3.63, 3.8) is 0 Å². The van der Waals surface area contributed by atoms with Crippen LogP contribution in [0.3, 0.4) is 0 Å². The number of sulfonamides is 1. The lowest BCUT2D eigenvalue weighted by Gasteiger charge is -2.12. The highest BCUT2D eigenvalue weighted by molar-refractivity contribution is 7.89. The topological polar surface area (TPSA) is 90.7 Å². The number of nitrogen functional groups attached to an aromatic ring is 1. The molecule has 3 N–H and O–H groups in total. The maximum atomic E-state index is 12.0. The average Bonchev–Trinajstić information content (AvgIpc) is 2.49. The first-order chi connectivity index (χ1) is 9.96. The van der Waals surface area contributed by atoms with Gasteiger partial charge in [-0.25, -0.2) is 13.1 Å². The minimum absolute atomic E-state index is 0.0205. The van der Waals surface area contributed by atoms with Crippen LogP contribution >= 0.6 is 0 Å². The summed E-state index contributed by atoms with van der Waals surface area (Å²) in [6, 6.07) is 11.3. The van der Waals surface area contributed by atoms with E-state index in [-0.39, 0.29) is 10.6 Å². The maximum Gasteiger partial charge on any atom is 0.244 e. The predicted molar refractivity (Wildman–Crippen MR) is 80.2 cm³/mol. The zero-order valence-electron chi connectivity index (χ0n) is 11.7. The Balaban J connectivity index is 2.44. The standard InChI is InChI=1S/C14H16N2O4S/c1-16-21(17,18)14-8-10(15)6-7-13(14)20-12-5-3-4-11(9-12)19-2/h3-9,16H,15H2,1-2H3. The van der Waals surface area contributed by atoms with Gasteiger partial charge in [0.1, 0.15) is 22.1 Å². The van der Waals surface area contributed by atoms with Gasteiger partial charge in [-0.05, 0) is 37.4 Å². The summed E-state index contributed by atoms with van der Waals surface area (Å²) in [5, 5.41) is 0. The number of ether oxygens (including phenoxy) is 2. The highest BCUT2D eigenvalue weighted by atomic mass is 32.2. The SMILES string of the molecule is CNS(=O)(=O)c1cc(N)ccc1Oc1cccc(OC)c1. The fourth-order valence-electron chi connectivity index (χ4n) is 1.72. The summed E-state index contributed by atoms with van der Waals surface area (Å²) in [5.41, 5.74) is 5.99. The third kappa shape index (κ3) is 3.45. The Hall–Kier alpha value is -2.25. The van der Waals surface area contributed by atoms with E-state index in [9.17, 15) is 8.42 Å². The summed E-state index contributed by atoms with van der Waals surface area (Å²) < 4.78 is 37.0. The number of benzene rings is 2. The van der Waals surface area contributed by atoms with E-state index in [0.29, 0.717) is 17.2 Å². The van der Waals surface area contributed by atoms with Crippen molar-refractivity contribution in [1.82, 2.24) is 4.72 Å². The van der Waals surface area contributed by atoms with Gasteiger partial charge in [-0.2, -0.15) is 0 Å². The van der Waals surface area contributed by atoms with Gasteiger partial charge in [0.15, 0.2) is 0 Å². The van der Waals surface area contributed by atoms with Gasteiger partial charge in [0, 0.05) is 11.8 Å². The number of methoxy groups -OCH3 is 1. The van der Waals surface area contributed by atoms with Crippen LogP contribution < -0.4 is 19.9 Å². The van der Waals surface area contributed by atoms with E-state index in [4.69, 9.17) is 15.2 Å². The summed E-state index contributed by atoms with van der Waals surface area (Å²) in [6.45, 7) is 0. The number of hydrogen-bond donors (Lipinski definition) is 2. The van der Waals surface area contributed by atoms with E-state index < -0.39 is 10.0 Å². The van der Waals surface area contributed by atoms with Gasteiger partial charge in [0.25, 0.3) is 0 Å². The fourth-order valence-corrected chi connectivity index (χ4v) is 2.61. The first kappa shape index (κ1) is 15.1. The van der Waals surface area contributed by atoms with E-state index in [1.54, 1.807) is 37.4 Å². The number of nitrogens with two attached hydrogens (primary N) is 1. The highest BCUT2D eigenvalue weighted by Crippen LogP contribution is 2.31. The Kier molecular flexibility index (Phi) is 4.35. The first-order valence-corrected chi connectivity index (χ1v) is 7.59. The molecule has 0 atom stereocenters. The first-order valence-electron chi connectivity index (χ1n) is 6.11. The minimum Gasteiger partial charge on any atom is -0.497 e.